The van der Waals surface area contributed by atoms with Crippen molar-refractivity contribution in [2.75, 3.05) is 0 Å². The first-order valence-electron chi connectivity index (χ1n) is 6.41. The van der Waals surface area contributed by atoms with Crippen molar-refractivity contribution in [1.29, 1.82) is 0 Å². The Hall–Kier alpha value is -0.615. The zero-order valence-corrected chi connectivity index (χ0v) is 12.8. The van der Waals surface area contributed by atoms with Crippen LogP contribution in [0.1, 0.15) is 46.2 Å². The molecular formula is C13H20BClN2O2. The highest BCUT2D eigenvalue weighted by molar-refractivity contribution is 6.66. The summed E-state index contributed by atoms with van der Waals surface area (Å²) in [4.78, 5) is 4.11. The zero-order valence-electron chi connectivity index (χ0n) is 12.0. The third kappa shape index (κ3) is 2.52. The van der Waals surface area contributed by atoms with Crippen molar-refractivity contribution in [3.63, 3.8) is 0 Å². The molecule has 2 heterocycles. The van der Waals surface area contributed by atoms with E-state index in [0.717, 1.165) is 11.0 Å². The second-order valence-corrected chi connectivity index (χ2v) is 6.34. The van der Waals surface area contributed by atoms with Crippen LogP contribution in [0.15, 0.2) is 12.3 Å². The molecule has 2 rings (SSSR count). The summed E-state index contributed by atoms with van der Waals surface area (Å²) >= 11 is 6.21. The number of nitrogens with two attached hydrogens (primary N) is 1. The Morgan fingerprint density at radius 1 is 1.26 bits per heavy atom. The normalized spacial score (nSPS) is 22.6. The van der Waals surface area contributed by atoms with Gasteiger partial charge >= 0.3 is 7.12 Å². The molecule has 1 atom stereocenters. The molecule has 2 N–H and O–H groups in total. The summed E-state index contributed by atoms with van der Waals surface area (Å²) < 4.78 is 12.0. The minimum Gasteiger partial charge on any atom is -0.399 e. The summed E-state index contributed by atoms with van der Waals surface area (Å²) in [7, 11) is -0.535. The maximum Gasteiger partial charge on any atom is 0.498 e. The first-order chi connectivity index (χ1) is 8.66. The highest BCUT2D eigenvalue weighted by Crippen LogP contribution is 2.37. The Morgan fingerprint density at radius 2 is 1.79 bits per heavy atom. The van der Waals surface area contributed by atoms with Gasteiger partial charge in [0.25, 0.3) is 0 Å². The average molecular weight is 283 g/mol. The second kappa shape index (κ2) is 4.74. The van der Waals surface area contributed by atoms with Gasteiger partial charge in [-0.05, 0) is 46.2 Å². The fourth-order valence-electron chi connectivity index (χ4n) is 2.05. The Labute approximate surface area is 119 Å². The van der Waals surface area contributed by atoms with Crippen LogP contribution in [-0.4, -0.2) is 23.3 Å². The molecule has 4 nitrogen and oxygen atoms in total. The molecule has 0 amide bonds. The van der Waals surface area contributed by atoms with Crippen molar-refractivity contribution >= 4 is 24.2 Å². The number of halogens is 1. The van der Waals surface area contributed by atoms with E-state index >= 15 is 0 Å². The molecule has 1 aromatic rings. The summed E-state index contributed by atoms with van der Waals surface area (Å²) in [5, 5.41) is 0.383. The smallest absolute Gasteiger partial charge is 0.399 e. The summed E-state index contributed by atoms with van der Waals surface area (Å²) in [5.74, 6) is 0. The largest absolute Gasteiger partial charge is 0.498 e. The maximum atomic E-state index is 6.21. The molecule has 0 aliphatic carbocycles. The highest BCUT2D eigenvalue weighted by Gasteiger charge is 2.53. The number of hydrogen-bond donors (Lipinski definition) is 1. The van der Waals surface area contributed by atoms with E-state index in [1.165, 1.54) is 0 Å². The van der Waals surface area contributed by atoms with Gasteiger partial charge in [-0.3, -0.25) is 0 Å². The average Bonchev–Trinajstić information content (AvgIpc) is 2.47. The molecule has 1 aliphatic heterocycles. The van der Waals surface area contributed by atoms with Gasteiger partial charge in [-0.1, -0.05) is 11.6 Å². The van der Waals surface area contributed by atoms with Crippen LogP contribution in [0.3, 0.4) is 0 Å². The van der Waals surface area contributed by atoms with Crippen LogP contribution in [0.5, 0.6) is 0 Å². The predicted molar refractivity (Wildman–Crippen MR) is 77.6 cm³/mol. The molecule has 104 valence electrons. The third-order valence-corrected chi connectivity index (χ3v) is 4.26. The molecular weight excluding hydrogens is 262 g/mol. The summed E-state index contributed by atoms with van der Waals surface area (Å²) in [5.41, 5.74) is 6.80. The zero-order chi connectivity index (χ0) is 14.4. The van der Waals surface area contributed by atoms with E-state index in [-0.39, 0.29) is 6.04 Å². The predicted octanol–water partition coefficient (Wildman–Crippen LogP) is 2.05. The van der Waals surface area contributed by atoms with Crippen LogP contribution in [0.25, 0.3) is 0 Å². The molecule has 1 saturated heterocycles. The topological polar surface area (TPSA) is 57.4 Å². The molecule has 0 radical (unpaired) electrons. The van der Waals surface area contributed by atoms with E-state index in [1.807, 2.05) is 40.7 Å². The van der Waals surface area contributed by atoms with E-state index in [0.29, 0.717) is 5.15 Å². The van der Waals surface area contributed by atoms with Crippen molar-refractivity contribution < 1.29 is 9.31 Å². The van der Waals surface area contributed by atoms with Crippen LogP contribution in [0, 0.1) is 0 Å². The molecule has 1 aromatic heterocycles. The molecule has 19 heavy (non-hydrogen) atoms. The van der Waals surface area contributed by atoms with Crippen LogP contribution >= 0.6 is 11.6 Å². The summed E-state index contributed by atoms with van der Waals surface area (Å²) in [6.45, 7) is 9.91. The number of hydrogen-bond acceptors (Lipinski definition) is 4. The fourth-order valence-corrected chi connectivity index (χ4v) is 2.31. The summed E-state index contributed by atoms with van der Waals surface area (Å²) in [6.07, 6.45) is 1.65. The fraction of sp³-hybridized carbons (Fsp3) is 0.615. The minimum absolute atomic E-state index is 0.158. The van der Waals surface area contributed by atoms with Crippen molar-refractivity contribution in [3.05, 3.63) is 23.0 Å². The van der Waals surface area contributed by atoms with Crippen molar-refractivity contribution in [2.24, 2.45) is 5.73 Å². The first-order valence-corrected chi connectivity index (χ1v) is 6.79. The molecule has 0 bridgehead atoms. The van der Waals surface area contributed by atoms with E-state index < -0.39 is 18.3 Å². The maximum absolute atomic E-state index is 6.21. The van der Waals surface area contributed by atoms with Gasteiger partial charge < -0.3 is 15.0 Å². The molecule has 1 unspecified atom stereocenters. The quantitative estimate of drug-likeness (QED) is 0.666. The minimum atomic E-state index is -0.535. The molecule has 1 fully saturated rings. The van der Waals surface area contributed by atoms with Gasteiger partial charge in [0.2, 0.25) is 0 Å². The van der Waals surface area contributed by atoms with Gasteiger partial charge in [0.05, 0.1) is 11.2 Å². The van der Waals surface area contributed by atoms with Crippen LogP contribution in [0.4, 0.5) is 0 Å². The van der Waals surface area contributed by atoms with E-state index in [1.54, 1.807) is 6.20 Å². The highest BCUT2D eigenvalue weighted by atomic mass is 35.5. The monoisotopic (exact) mass is 282 g/mol. The lowest BCUT2D eigenvalue weighted by molar-refractivity contribution is 0.00578. The third-order valence-electron chi connectivity index (χ3n) is 3.95. The molecule has 0 aromatic carbocycles. The van der Waals surface area contributed by atoms with E-state index in [9.17, 15) is 0 Å². The Balaban J connectivity index is 2.45. The first kappa shape index (κ1) is 14.8. The second-order valence-electron chi connectivity index (χ2n) is 5.98. The molecule has 0 saturated carbocycles. The number of aromatic nitrogens is 1. The lowest BCUT2D eigenvalue weighted by Gasteiger charge is -2.32. The Morgan fingerprint density at radius 3 is 2.26 bits per heavy atom. The van der Waals surface area contributed by atoms with Gasteiger partial charge in [-0.2, -0.15) is 0 Å². The lowest BCUT2D eigenvalue weighted by Crippen LogP contribution is -2.41. The Kier molecular flexibility index (Phi) is 3.69. The van der Waals surface area contributed by atoms with E-state index in [4.69, 9.17) is 26.6 Å². The molecule has 6 heteroatoms. The van der Waals surface area contributed by atoms with Crippen LogP contribution in [-0.2, 0) is 9.31 Å². The van der Waals surface area contributed by atoms with Gasteiger partial charge in [0.15, 0.2) is 0 Å². The number of nitrogens with zero attached hydrogens (tertiary/aromatic N) is 1. The lowest BCUT2D eigenvalue weighted by atomic mass is 9.75. The van der Waals surface area contributed by atoms with Gasteiger partial charge in [-0.15, -0.1) is 0 Å². The van der Waals surface area contributed by atoms with Gasteiger partial charge in [0, 0.05) is 17.7 Å². The summed E-state index contributed by atoms with van der Waals surface area (Å²) in [6, 6.07) is 1.70. The SMILES string of the molecule is CC(N)c1ccnc(Cl)c1B1OC(C)(C)C(C)(C)O1. The van der Waals surface area contributed by atoms with Crippen LogP contribution in [0.2, 0.25) is 5.15 Å². The standard InChI is InChI=1S/C13H20BClN2O2/c1-8(16)9-6-7-17-11(15)10(9)14-18-12(2,3)13(4,5)19-14/h6-8H,16H2,1-5H3. The Bertz CT molecular complexity index is 476. The molecule has 1 aliphatic rings. The van der Waals surface area contributed by atoms with Crippen molar-refractivity contribution in [2.45, 2.75) is 51.9 Å². The van der Waals surface area contributed by atoms with Gasteiger partial charge in [-0.25, -0.2) is 4.98 Å². The van der Waals surface area contributed by atoms with Crippen molar-refractivity contribution in [1.82, 2.24) is 4.98 Å². The van der Waals surface area contributed by atoms with Crippen LogP contribution < -0.4 is 11.2 Å². The van der Waals surface area contributed by atoms with E-state index in [2.05, 4.69) is 4.98 Å². The molecule has 0 spiro atoms. The van der Waals surface area contributed by atoms with Crippen molar-refractivity contribution in [3.8, 4) is 0 Å². The number of pyridine rings is 1. The van der Waals surface area contributed by atoms with Gasteiger partial charge in [0.1, 0.15) is 5.15 Å². The number of rotatable bonds is 2.